The highest BCUT2D eigenvalue weighted by Crippen LogP contribution is 2.17. The van der Waals surface area contributed by atoms with Crippen molar-refractivity contribution in [1.29, 1.82) is 0 Å². The summed E-state index contributed by atoms with van der Waals surface area (Å²) in [6.45, 7) is 4.17. The number of benzene rings is 1. The van der Waals surface area contributed by atoms with Gasteiger partial charge in [0.1, 0.15) is 5.75 Å². The van der Waals surface area contributed by atoms with Crippen LogP contribution in [0.2, 0.25) is 0 Å². The number of methoxy groups -OCH3 is 1. The Hall–Kier alpha value is -0.710. The van der Waals surface area contributed by atoms with Crippen LogP contribution >= 0.6 is 11.8 Å². The van der Waals surface area contributed by atoms with E-state index in [2.05, 4.69) is 23.3 Å². The van der Waals surface area contributed by atoms with Crippen molar-refractivity contribution >= 4 is 11.8 Å². The molecule has 0 saturated carbocycles. The zero-order chi connectivity index (χ0) is 14.2. The minimum Gasteiger partial charge on any atom is -0.497 e. The van der Waals surface area contributed by atoms with Crippen LogP contribution in [0.25, 0.3) is 0 Å². The van der Waals surface area contributed by atoms with Gasteiger partial charge in [0.05, 0.1) is 19.8 Å². The molecule has 0 spiro atoms. The summed E-state index contributed by atoms with van der Waals surface area (Å²) < 4.78 is 11.2. The van der Waals surface area contributed by atoms with Crippen molar-refractivity contribution < 1.29 is 9.47 Å². The molecule has 3 nitrogen and oxygen atoms in total. The summed E-state index contributed by atoms with van der Waals surface area (Å²) >= 11 is 1.93. The van der Waals surface area contributed by atoms with Crippen LogP contribution < -0.4 is 4.74 Å². The van der Waals surface area contributed by atoms with Gasteiger partial charge in [0, 0.05) is 19.5 Å². The van der Waals surface area contributed by atoms with Gasteiger partial charge in [-0.1, -0.05) is 12.1 Å². The van der Waals surface area contributed by atoms with Crippen molar-refractivity contribution in [2.45, 2.75) is 18.9 Å². The third kappa shape index (κ3) is 5.00. The van der Waals surface area contributed by atoms with Crippen LogP contribution in [0.1, 0.15) is 12.0 Å². The molecule has 0 amide bonds. The van der Waals surface area contributed by atoms with E-state index in [0.29, 0.717) is 6.10 Å². The normalized spacial score (nSPS) is 20.0. The van der Waals surface area contributed by atoms with E-state index in [9.17, 15) is 0 Å². The van der Waals surface area contributed by atoms with Crippen LogP contribution in [0.4, 0.5) is 0 Å². The molecule has 112 valence electrons. The van der Waals surface area contributed by atoms with Crippen molar-refractivity contribution in [3.05, 3.63) is 29.8 Å². The number of thioether (sulfide) groups is 1. The Labute approximate surface area is 126 Å². The number of hydrogen-bond donors (Lipinski definition) is 0. The van der Waals surface area contributed by atoms with Crippen LogP contribution in [0.3, 0.4) is 0 Å². The van der Waals surface area contributed by atoms with E-state index in [-0.39, 0.29) is 0 Å². The van der Waals surface area contributed by atoms with Crippen LogP contribution in [-0.4, -0.2) is 56.4 Å². The first-order chi connectivity index (χ1) is 9.81. The lowest BCUT2D eigenvalue weighted by molar-refractivity contribution is -0.0273. The molecule has 1 heterocycles. The molecular weight excluding hydrogens is 270 g/mol. The molecule has 1 aliphatic heterocycles. The lowest BCUT2D eigenvalue weighted by atomic mass is 10.1. The third-order valence-corrected chi connectivity index (χ3v) is 4.34. The smallest absolute Gasteiger partial charge is 0.119 e. The van der Waals surface area contributed by atoms with E-state index in [1.165, 1.54) is 24.3 Å². The molecule has 0 aliphatic carbocycles. The SMILES string of the molecule is COc1cccc(CC2CN(CCCSC)CCO2)c1. The van der Waals surface area contributed by atoms with E-state index in [1.54, 1.807) is 7.11 Å². The molecule has 20 heavy (non-hydrogen) atoms. The second-order valence-electron chi connectivity index (χ2n) is 5.20. The number of hydrogen-bond acceptors (Lipinski definition) is 4. The molecule has 1 aromatic carbocycles. The van der Waals surface area contributed by atoms with Gasteiger partial charge in [-0.3, -0.25) is 4.90 Å². The summed E-state index contributed by atoms with van der Waals surface area (Å²) in [5.74, 6) is 2.17. The summed E-state index contributed by atoms with van der Waals surface area (Å²) in [4.78, 5) is 2.53. The van der Waals surface area contributed by atoms with Gasteiger partial charge < -0.3 is 9.47 Å². The van der Waals surface area contributed by atoms with Gasteiger partial charge in [-0.2, -0.15) is 11.8 Å². The Morgan fingerprint density at radius 1 is 1.45 bits per heavy atom. The zero-order valence-corrected chi connectivity index (χ0v) is 13.3. The maximum atomic E-state index is 5.90. The Morgan fingerprint density at radius 3 is 3.15 bits per heavy atom. The maximum Gasteiger partial charge on any atom is 0.119 e. The lowest BCUT2D eigenvalue weighted by Gasteiger charge is -2.33. The molecule has 1 aliphatic rings. The first kappa shape index (κ1) is 15.7. The maximum absolute atomic E-state index is 5.90. The highest BCUT2D eigenvalue weighted by molar-refractivity contribution is 7.98. The number of ether oxygens (including phenoxy) is 2. The van der Waals surface area contributed by atoms with E-state index in [0.717, 1.165) is 31.9 Å². The van der Waals surface area contributed by atoms with E-state index >= 15 is 0 Å². The van der Waals surface area contributed by atoms with Crippen molar-refractivity contribution in [1.82, 2.24) is 4.90 Å². The molecule has 4 heteroatoms. The first-order valence-electron chi connectivity index (χ1n) is 7.27. The van der Waals surface area contributed by atoms with Crippen molar-refractivity contribution in [2.75, 3.05) is 45.4 Å². The predicted molar refractivity (Wildman–Crippen MR) is 85.9 cm³/mol. The summed E-state index contributed by atoms with van der Waals surface area (Å²) in [6, 6.07) is 8.29. The van der Waals surface area contributed by atoms with Gasteiger partial charge in [-0.15, -0.1) is 0 Å². The average Bonchev–Trinajstić information content (AvgIpc) is 2.48. The monoisotopic (exact) mass is 295 g/mol. The fraction of sp³-hybridized carbons (Fsp3) is 0.625. The molecule has 0 radical (unpaired) electrons. The summed E-state index contributed by atoms with van der Waals surface area (Å²) in [5, 5.41) is 0. The minimum absolute atomic E-state index is 0.310. The second-order valence-corrected chi connectivity index (χ2v) is 6.18. The molecule has 0 N–H and O–H groups in total. The minimum atomic E-state index is 0.310. The molecule has 0 aromatic heterocycles. The first-order valence-corrected chi connectivity index (χ1v) is 8.67. The second kappa shape index (κ2) is 8.55. The standard InChI is InChI=1S/C16H25NO2S/c1-18-15-6-3-5-14(11-15)12-16-13-17(8-9-19-16)7-4-10-20-2/h3,5-6,11,16H,4,7-10,12-13H2,1-2H3. The molecule has 1 atom stereocenters. The van der Waals surface area contributed by atoms with E-state index in [1.807, 2.05) is 23.9 Å². The summed E-state index contributed by atoms with van der Waals surface area (Å²) in [5.41, 5.74) is 1.29. The largest absolute Gasteiger partial charge is 0.497 e. The fourth-order valence-corrected chi connectivity index (χ4v) is 3.02. The van der Waals surface area contributed by atoms with Gasteiger partial charge in [0.2, 0.25) is 0 Å². The van der Waals surface area contributed by atoms with Gasteiger partial charge in [-0.05, 0) is 42.7 Å². The molecule has 1 unspecified atom stereocenters. The van der Waals surface area contributed by atoms with Crippen molar-refractivity contribution in [3.8, 4) is 5.75 Å². The zero-order valence-electron chi connectivity index (χ0n) is 12.5. The van der Waals surface area contributed by atoms with Crippen molar-refractivity contribution in [3.63, 3.8) is 0 Å². The highest BCUT2D eigenvalue weighted by Gasteiger charge is 2.20. The van der Waals surface area contributed by atoms with E-state index in [4.69, 9.17) is 9.47 Å². The van der Waals surface area contributed by atoms with Gasteiger partial charge in [0.15, 0.2) is 0 Å². The van der Waals surface area contributed by atoms with Crippen LogP contribution in [-0.2, 0) is 11.2 Å². The molecule has 1 aromatic rings. The van der Waals surface area contributed by atoms with Crippen LogP contribution in [0, 0.1) is 0 Å². The molecule has 0 bridgehead atoms. The molecule has 1 saturated heterocycles. The highest BCUT2D eigenvalue weighted by atomic mass is 32.2. The summed E-state index contributed by atoms with van der Waals surface area (Å²) in [7, 11) is 1.71. The quantitative estimate of drug-likeness (QED) is 0.721. The van der Waals surface area contributed by atoms with Gasteiger partial charge in [0.25, 0.3) is 0 Å². The Balaban J connectivity index is 1.82. The third-order valence-electron chi connectivity index (χ3n) is 3.64. The van der Waals surface area contributed by atoms with Gasteiger partial charge in [-0.25, -0.2) is 0 Å². The summed E-state index contributed by atoms with van der Waals surface area (Å²) in [6.07, 6.45) is 4.72. The Bertz CT molecular complexity index is 400. The molecule has 2 rings (SSSR count). The number of nitrogens with zero attached hydrogens (tertiary/aromatic N) is 1. The molecular formula is C16H25NO2S. The number of rotatable bonds is 7. The average molecular weight is 295 g/mol. The van der Waals surface area contributed by atoms with Gasteiger partial charge >= 0.3 is 0 Å². The molecule has 1 fully saturated rings. The fourth-order valence-electron chi connectivity index (χ4n) is 2.60. The Morgan fingerprint density at radius 2 is 2.35 bits per heavy atom. The lowest BCUT2D eigenvalue weighted by Crippen LogP contribution is -2.43. The topological polar surface area (TPSA) is 21.7 Å². The van der Waals surface area contributed by atoms with E-state index < -0.39 is 0 Å². The van der Waals surface area contributed by atoms with Crippen LogP contribution in [0.15, 0.2) is 24.3 Å². The van der Waals surface area contributed by atoms with Crippen molar-refractivity contribution in [2.24, 2.45) is 0 Å². The predicted octanol–water partition coefficient (Wildman–Crippen LogP) is 2.69. The Kier molecular flexibility index (Phi) is 6.70. The number of morpholine rings is 1. The van der Waals surface area contributed by atoms with Crippen LogP contribution in [0.5, 0.6) is 5.75 Å².